The Balaban J connectivity index is 1.95. The van der Waals surface area contributed by atoms with Crippen LogP contribution in [0.4, 0.5) is 0 Å². The molecule has 0 fully saturated rings. The molecule has 5 heteroatoms. The second-order valence-corrected chi connectivity index (χ2v) is 5.34. The number of aliphatic hydroxyl groups excluding tert-OH is 1. The molecule has 2 heterocycles. The minimum Gasteiger partial charge on any atom is -0.486 e. The van der Waals surface area contributed by atoms with Crippen LogP contribution >= 0.6 is 0 Å². The Hall–Kier alpha value is -2.79. The Morgan fingerprint density at radius 3 is 2.74 bits per heavy atom. The second kappa shape index (κ2) is 5.44. The number of benzene rings is 2. The van der Waals surface area contributed by atoms with Crippen molar-refractivity contribution in [2.75, 3.05) is 13.2 Å². The Labute approximate surface area is 131 Å². The van der Waals surface area contributed by atoms with Gasteiger partial charge in [0.15, 0.2) is 22.9 Å². The lowest BCUT2D eigenvalue weighted by Crippen LogP contribution is -2.32. The molecule has 116 valence electrons. The summed E-state index contributed by atoms with van der Waals surface area (Å²) in [6.45, 7) is 0.0933. The summed E-state index contributed by atoms with van der Waals surface area (Å²) in [6, 6.07) is 14.2. The van der Waals surface area contributed by atoms with Crippen molar-refractivity contribution in [3.8, 4) is 22.8 Å². The van der Waals surface area contributed by atoms with Gasteiger partial charge in [-0.15, -0.1) is 0 Å². The summed E-state index contributed by atoms with van der Waals surface area (Å²) in [5.74, 6) is 1.34. The van der Waals surface area contributed by atoms with Gasteiger partial charge in [0.2, 0.25) is 5.75 Å². The zero-order valence-corrected chi connectivity index (χ0v) is 12.2. The maximum absolute atomic E-state index is 12.4. The molecular weight excluding hydrogens is 296 g/mol. The molecule has 0 spiro atoms. The Bertz CT molecular complexity index is 914. The van der Waals surface area contributed by atoms with Crippen molar-refractivity contribution < 1.29 is 19.0 Å². The first-order valence-electron chi connectivity index (χ1n) is 7.33. The lowest BCUT2D eigenvalue weighted by molar-refractivity contribution is 0.0462. The molecule has 0 amide bonds. The van der Waals surface area contributed by atoms with Gasteiger partial charge in [-0.3, -0.25) is 4.79 Å². The van der Waals surface area contributed by atoms with Gasteiger partial charge < -0.3 is 19.0 Å². The fourth-order valence-corrected chi connectivity index (χ4v) is 2.62. The number of aliphatic hydroxyl groups is 1. The van der Waals surface area contributed by atoms with E-state index in [-0.39, 0.29) is 18.6 Å². The van der Waals surface area contributed by atoms with Gasteiger partial charge in [-0.25, -0.2) is 0 Å². The molecule has 23 heavy (non-hydrogen) atoms. The van der Waals surface area contributed by atoms with Gasteiger partial charge in [0.25, 0.3) is 0 Å². The normalized spacial score (nSPS) is 16.5. The monoisotopic (exact) mass is 310 g/mol. The van der Waals surface area contributed by atoms with E-state index < -0.39 is 6.10 Å². The molecule has 3 aromatic rings. The first kappa shape index (κ1) is 13.8. The molecule has 1 aromatic heterocycles. The second-order valence-electron chi connectivity index (χ2n) is 5.34. The summed E-state index contributed by atoms with van der Waals surface area (Å²) in [5, 5.41) is 9.70. The summed E-state index contributed by atoms with van der Waals surface area (Å²) in [4.78, 5) is 12.4. The Morgan fingerprint density at radius 2 is 1.96 bits per heavy atom. The molecule has 4 rings (SSSR count). The summed E-state index contributed by atoms with van der Waals surface area (Å²) in [5.41, 5.74) is 0.995. The molecular formula is C18H14O5. The zero-order valence-electron chi connectivity index (χ0n) is 12.2. The Kier molecular flexibility index (Phi) is 3.28. The van der Waals surface area contributed by atoms with E-state index in [4.69, 9.17) is 13.9 Å². The van der Waals surface area contributed by atoms with E-state index >= 15 is 0 Å². The molecule has 1 unspecified atom stereocenters. The van der Waals surface area contributed by atoms with Crippen LogP contribution in [0.15, 0.2) is 57.7 Å². The molecule has 1 aliphatic heterocycles. The third kappa shape index (κ3) is 2.35. The number of hydrogen-bond acceptors (Lipinski definition) is 5. The summed E-state index contributed by atoms with van der Waals surface area (Å²) in [6.07, 6.45) is -0.473. The molecule has 5 nitrogen and oxygen atoms in total. The van der Waals surface area contributed by atoms with E-state index in [1.807, 2.05) is 30.3 Å². The number of hydrogen-bond donors (Lipinski definition) is 1. The molecule has 1 N–H and O–H groups in total. The maximum atomic E-state index is 12.4. The smallest absolute Gasteiger partial charge is 0.205 e. The van der Waals surface area contributed by atoms with Gasteiger partial charge in [0, 0.05) is 11.6 Å². The highest BCUT2D eigenvalue weighted by Crippen LogP contribution is 2.39. The van der Waals surface area contributed by atoms with E-state index in [0.717, 1.165) is 5.56 Å². The van der Waals surface area contributed by atoms with Crippen LogP contribution in [0.25, 0.3) is 22.3 Å². The standard InChI is InChI=1S/C18H14O5/c19-9-12-10-21-15-7-6-13-14(20)8-16(11-4-2-1-3-5-11)23-17(13)18(15)22-12/h1-8,12,19H,9-10H2. The van der Waals surface area contributed by atoms with E-state index in [2.05, 4.69) is 0 Å². The Morgan fingerprint density at radius 1 is 1.13 bits per heavy atom. The number of fused-ring (bicyclic) bond motifs is 3. The van der Waals surface area contributed by atoms with Crippen LogP contribution in [0.5, 0.6) is 11.5 Å². The van der Waals surface area contributed by atoms with Gasteiger partial charge in [-0.2, -0.15) is 0 Å². The highest BCUT2D eigenvalue weighted by atomic mass is 16.6. The maximum Gasteiger partial charge on any atom is 0.205 e. The van der Waals surface area contributed by atoms with Crippen LogP contribution in [-0.4, -0.2) is 24.4 Å². The summed E-state index contributed by atoms with van der Waals surface area (Å²) in [7, 11) is 0. The molecule has 0 bridgehead atoms. The number of ether oxygens (including phenoxy) is 2. The van der Waals surface area contributed by atoms with Gasteiger partial charge in [0.05, 0.1) is 12.0 Å². The quantitative estimate of drug-likeness (QED) is 0.788. The lowest BCUT2D eigenvalue weighted by atomic mass is 10.1. The topological polar surface area (TPSA) is 68.9 Å². The van der Waals surface area contributed by atoms with E-state index in [1.165, 1.54) is 6.07 Å². The van der Waals surface area contributed by atoms with E-state index in [1.54, 1.807) is 12.1 Å². The van der Waals surface area contributed by atoms with E-state index in [0.29, 0.717) is 28.2 Å². The fraction of sp³-hybridized carbons (Fsp3) is 0.167. The van der Waals surface area contributed by atoms with Crippen molar-refractivity contribution in [3.05, 3.63) is 58.8 Å². The van der Waals surface area contributed by atoms with Crippen LogP contribution in [0, 0.1) is 0 Å². The predicted molar refractivity (Wildman–Crippen MR) is 84.9 cm³/mol. The van der Waals surface area contributed by atoms with Crippen LogP contribution in [-0.2, 0) is 0 Å². The van der Waals surface area contributed by atoms with Gasteiger partial charge in [0.1, 0.15) is 12.4 Å². The van der Waals surface area contributed by atoms with Gasteiger partial charge in [-0.1, -0.05) is 30.3 Å². The largest absolute Gasteiger partial charge is 0.486 e. The first-order valence-corrected chi connectivity index (χ1v) is 7.33. The average molecular weight is 310 g/mol. The average Bonchev–Trinajstić information content (AvgIpc) is 2.61. The van der Waals surface area contributed by atoms with Crippen molar-refractivity contribution in [1.82, 2.24) is 0 Å². The first-order chi connectivity index (χ1) is 11.3. The summed E-state index contributed by atoms with van der Waals surface area (Å²) < 4.78 is 17.2. The third-order valence-electron chi connectivity index (χ3n) is 3.79. The van der Waals surface area contributed by atoms with E-state index in [9.17, 15) is 9.90 Å². The minimum atomic E-state index is -0.473. The van der Waals surface area contributed by atoms with Crippen LogP contribution in [0.1, 0.15) is 0 Å². The fourth-order valence-electron chi connectivity index (χ4n) is 2.62. The molecule has 2 aromatic carbocycles. The zero-order chi connectivity index (χ0) is 15.8. The van der Waals surface area contributed by atoms with Crippen LogP contribution < -0.4 is 14.9 Å². The van der Waals surface area contributed by atoms with Crippen LogP contribution in [0.2, 0.25) is 0 Å². The minimum absolute atomic E-state index is 0.150. The predicted octanol–water partition coefficient (Wildman–Crippen LogP) is 2.59. The van der Waals surface area contributed by atoms with Crippen molar-refractivity contribution in [2.45, 2.75) is 6.10 Å². The highest BCUT2D eigenvalue weighted by molar-refractivity contribution is 5.86. The van der Waals surface area contributed by atoms with Gasteiger partial charge >= 0.3 is 0 Å². The van der Waals surface area contributed by atoms with Crippen molar-refractivity contribution in [2.24, 2.45) is 0 Å². The van der Waals surface area contributed by atoms with Crippen LogP contribution in [0.3, 0.4) is 0 Å². The van der Waals surface area contributed by atoms with Gasteiger partial charge in [-0.05, 0) is 12.1 Å². The molecule has 1 atom stereocenters. The summed E-state index contributed by atoms with van der Waals surface area (Å²) >= 11 is 0. The SMILES string of the molecule is O=c1cc(-c2ccccc2)oc2c3c(ccc12)OCC(CO)O3. The van der Waals surface area contributed by atoms with Crippen molar-refractivity contribution in [1.29, 1.82) is 0 Å². The third-order valence-corrected chi connectivity index (χ3v) is 3.79. The molecule has 1 aliphatic rings. The molecule has 0 aliphatic carbocycles. The molecule has 0 radical (unpaired) electrons. The number of rotatable bonds is 2. The van der Waals surface area contributed by atoms with Crippen molar-refractivity contribution >= 4 is 11.0 Å². The molecule has 0 saturated heterocycles. The van der Waals surface area contributed by atoms with Crippen molar-refractivity contribution in [3.63, 3.8) is 0 Å². The lowest BCUT2D eigenvalue weighted by Gasteiger charge is -2.25. The highest BCUT2D eigenvalue weighted by Gasteiger charge is 2.25. The molecule has 0 saturated carbocycles.